The second-order valence-corrected chi connectivity index (χ2v) is 5.84. The predicted octanol–water partition coefficient (Wildman–Crippen LogP) is 2.43. The van der Waals surface area contributed by atoms with Crippen molar-refractivity contribution in [2.45, 2.75) is 39.0 Å². The van der Waals surface area contributed by atoms with Crippen LogP contribution in [0.5, 0.6) is 0 Å². The van der Waals surface area contributed by atoms with E-state index in [-0.39, 0.29) is 18.2 Å². The average molecular weight is 278 g/mol. The van der Waals surface area contributed by atoms with Gasteiger partial charge in [0.2, 0.25) is 0 Å². The molecule has 0 aliphatic carbocycles. The summed E-state index contributed by atoms with van der Waals surface area (Å²) in [6, 6.07) is 8.31. The van der Waals surface area contributed by atoms with E-state index < -0.39 is 0 Å². The number of morpholine rings is 1. The third-order valence-electron chi connectivity index (χ3n) is 3.57. The first kappa shape index (κ1) is 14.4. The summed E-state index contributed by atoms with van der Waals surface area (Å²) in [5.74, 6) is 0. The molecule has 3 unspecified atom stereocenters. The second kappa shape index (κ2) is 5.99. The molecule has 0 spiro atoms. The van der Waals surface area contributed by atoms with Crippen LogP contribution in [-0.4, -0.2) is 35.2 Å². The highest BCUT2D eigenvalue weighted by Gasteiger charge is 2.31. The van der Waals surface area contributed by atoms with Crippen LogP contribution in [0.15, 0.2) is 24.3 Å². The van der Waals surface area contributed by atoms with Gasteiger partial charge in [0.1, 0.15) is 0 Å². The summed E-state index contributed by atoms with van der Waals surface area (Å²) in [6.07, 6.45) is 0.425. The maximum atomic E-state index is 6.01. The molecule has 1 fully saturated rings. The van der Waals surface area contributed by atoms with Gasteiger partial charge < -0.3 is 10.5 Å². The van der Waals surface area contributed by atoms with E-state index in [0.29, 0.717) is 4.99 Å². The van der Waals surface area contributed by atoms with Gasteiger partial charge in [0.05, 0.1) is 23.2 Å². The van der Waals surface area contributed by atoms with Crippen molar-refractivity contribution in [2.24, 2.45) is 5.73 Å². The molecule has 0 amide bonds. The number of ether oxygens (including phenoxy) is 1. The lowest BCUT2D eigenvalue weighted by atomic mass is 9.98. The Morgan fingerprint density at radius 2 is 1.89 bits per heavy atom. The molecule has 1 aromatic carbocycles. The van der Waals surface area contributed by atoms with Crippen LogP contribution in [0, 0.1) is 6.92 Å². The minimum absolute atomic E-state index is 0.00463. The van der Waals surface area contributed by atoms with Crippen molar-refractivity contribution in [1.29, 1.82) is 0 Å². The fraction of sp³-hybridized carbons (Fsp3) is 0.533. The molecular weight excluding hydrogens is 256 g/mol. The zero-order valence-electron chi connectivity index (χ0n) is 11.8. The number of aryl methyl sites for hydroxylation is 1. The molecule has 104 valence electrons. The van der Waals surface area contributed by atoms with Gasteiger partial charge in [-0.2, -0.15) is 0 Å². The smallest absolute Gasteiger partial charge is 0.0948 e. The van der Waals surface area contributed by atoms with E-state index >= 15 is 0 Å². The van der Waals surface area contributed by atoms with Gasteiger partial charge in [0.25, 0.3) is 0 Å². The number of thiocarbonyl (C=S) groups is 1. The van der Waals surface area contributed by atoms with Crippen LogP contribution in [0.3, 0.4) is 0 Å². The van der Waals surface area contributed by atoms with E-state index in [9.17, 15) is 0 Å². The van der Waals surface area contributed by atoms with Crippen molar-refractivity contribution in [2.75, 3.05) is 13.1 Å². The van der Waals surface area contributed by atoms with Crippen LogP contribution >= 0.6 is 12.2 Å². The number of rotatable bonds is 3. The molecule has 0 saturated carbocycles. The molecule has 0 aromatic heterocycles. The Morgan fingerprint density at radius 3 is 2.42 bits per heavy atom. The number of nitrogens with two attached hydrogens (primary N) is 1. The monoisotopic (exact) mass is 278 g/mol. The largest absolute Gasteiger partial charge is 0.392 e. The Morgan fingerprint density at radius 1 is 1.32 bits per heavy atom. The Hall–Kier alpha value is -0.970. The first-order valence-electron chi connectivity index (χ1n) is 6.73. The van der Waals surface area contributed by atoms with Crippen molar-refractivity contribution in [1.82, 2.24) is 4.90 Å². The maximum Gasteiger partial charge on any atom is 0.0948 e. The van der Waals surface area contributed by atoms with E-state index in [1.807, 2.05) is 12.1 Å². The molecule has 1 aliphatic rings. The second-order valence-electron chi connectivity index (χ2n) is 5.37. The Labute approximate surface area is 120 Å². The molecular formula is C15H22N2OS. The molecule has 0 bridgehead atoms. The lowest BCUT2D eigenvalue weighted by Crippen LogP contribution is -2.49. The molecule has 1 aromatic rings. The highest BCUT2D eigenvalue weighted by molar-refractivity contribution is 7.80. The molecule has 19 heavy (non-hydrogen) atoms. The predicted molar refractivity (Wildman–Crippen MR) is 82.3 cm³/mol. The van der Waals surface area contributed by atoms with Crippen molar-refractivity contribution < 1.29 is 4.74 Å². The lowest BCUT2D eigenvalue weighted by Gasteiger charge is -2.40. The highest BCUT2D eigenvalue weighted by atomic mass is 32.1. The lowest BCUT2D eigenvalue weighted by molar-refractivity contribution is -0.0737. The van der Waals surface area contributed by atoms with E-state index in [1.54, 1.807) is 0 Å². The Kier molecular flexibility index (Phi) is 4.55. The topological polar surface area (TPSA) is 38.5 Å². The molecule has 2 N–H and O–H groups in total. The van der Waals surface area contributed by atoms with Gasteiger partial charge in [0, 0.05) is 13.1 Å². The summed E-state index contributed by atoms with van der Waals surface area (Å²) in [5, 5.41) is 0. The summed E-state index contributed by atoms with van der Waals surface area (Å²) >= 11 is 5.31. The molecule has 3 atom stereocenters. The molecule has 2 rings (SSSR count). The first-order valence-corrected chi connectivity index (χ1v) is 7.14. The summed E-state index contributed by atoms with van der Waals surface area (Å²) in [6.45, 7) is 8.02. The highest BCUT2D eigenvalue weighted by Crippen LogP contribution is 2.27. The van der Waals surface area contributed by atoms with E-state index in [2.05, 4.69) is 37.8 Å². The Bertz CT molecular complexity index is 453. The van der Waals surface area contributed by atoms with Crippen LogP contribution in [0.1, 0.15) is 31.0 Å². The average Bonchev–Trinajstić information content (AvgIpc) is 2.30. The maximum absolute atomic E-state index is 6.01. The SMILES string of the molecule is Cc1ccccc1C(C(N)=S)N1CC(C)OC(C)C1. The third kappa shape index (κ3) is 3.32. The van der Waals surface area contributed by atoms with E-state index in [1.165, 1.54) is 11.1 Å². The molecule has 1 heterocycles. The zero-order valence-corrected chi connectivity index (χ0v) is 12.6. The van der Waals surface area contributed by atoms with Gasteiger partial charge in [-0.3, -0.25) is 4.90 Å². The van der Waals surface area contributed by atoms with Crippen molar-refractivity contribution in [3.8, 4) is 0 Å². The molecule has 1 aliphatic heterocycles. The fourth-order valence-corrected chi connectivity index (χ4v) is 3.13. The van der Waals surface area contributed by atoms with Crippen molar-refractivity contribution >= 4 is 17.2 Å². The molecule has 4 heteroatoms. The minimum atomic E-state index is 0.00463. The quantitative estimate of drug-likeness (QED) is 0.862. The summed E-state index contributed by atoms with van der Waals surface area (Å²) in [5.41, 5.74) is 8.44. The van der Waals surface area contributed by atoms with Gasteiger partial charge in [0.15, 0.2) is 0 Å². The van der Waals surface area contributed by atoms with Crippen LogP contribution in [-0.2, 0) is 4.74 Å². The zero-order chi connectivity index (χ0) is 14.0. The molecule has 0 radical (unpaired) electrons. The van der Waals surface area contributed by atoms with Crippen molar-refractivity contribution in [3.63, 3.8) is 0 Å². The number of benzene rings is 1. The van der Waals surface area contributed by atoms with Crippen LogP contribution in [0.4, 0.5) is 0 Å². The van der Waals surface area contributed by atoms with E-state index in [4.69, 9.17) is 22.7 Å². The fourth-order valence-electron chi connectivity index (χ4n) is 2.85. The summed E-state index contributed by atoms with van der Waals surface area (Å²) < 4.78 is 5.79. The van der Waals surface area contributed by atoms with Gasteiger partial charge in [-0.05, 0) is 31.9 Å². The molecule has 1 saturated heterocycles. The standard InChI is InChI=1S/C15H22N2OS/c1-10-6-4-5-7-13(10)14(15(16)19)17-8-11(2)18-12(3)9-17/h4-7,11-12,14H,8-9H2,1-3H3,(H2,16,19). The van der Waals surface area contributed by atoms with Crippen molar-refractivity contribution in [3.05, 3.63) is 35.4 Å². The Balaban J connectivity index is 2.31. The third-order valence-corrected chi connectivity index (χ3v) is 3.79. The molecule has 3 nitrogen and oxygen atoms in total. The number of hydrogen-bond acceptors (Lipinski definition) is 3. The van der Waals surface area contributed by atoms with Gasteiger partial charge in [-0.15, -0.1) is 0 Å². The summed E-state index contributed by atoms with van der Waals surface area (Å²) in [4.78, 5) is 2.87. The normalized spacial score (nSPS) is 26.1. The first-order chi connectivity index (χ1) is 8.99. The minimum Gasteiger partial charge on any atom is -0.392 e. The number of hydrogen-bond donors (Lipinski definition) is 1. The number of nitrogens with zero attached hydrogens (tertiary/aromatic N) is 1. The summed E-state index contributed by atoms with van der Waals surface area (Å²) in [7, 11) is 0. The van der Waals surface area contributed by atoms with Gasteiger partial charge >= 0.3 is 0 Å². The van der Waals surface area contributed by atoms with Gasteiger partial charge in [-0.1, -0.05) is 36.5 Å². The van der Waals surface area contributed by atoms with Gasteiger partial charge in [-0.25, -0.2) is 0 Å². The van der Waals surface area contributed by atoms with E-state index in [0.717, 1.165) is 13.1 Å². The van der Waals surface area contributed by atoms with Crippen LogP contribution in [0.2, 0.25) is 0 Å². The van der Waals surface area contributed by atoms with Crippen LogP contribution < -0.4 is 5.73 Å². The van der Waals surface area contributed by atoms with Crippen LogP contribution in [0.25, 0.3) is 0 Å².